The number of likely N-dealkylation sites (tertiary alicyclic amines) is 1. The number of fused-ring (bicyclic) bond motifs is 1. The number of hydrogen-bond donors (Lipinski definition) is 2. The van der Waals surface area contributed by atoms with E-state index < -0.39 is 0 Å². The molecule has 0 spiro atoms. The Kier molecular flexibility index (Phi) is 6.57. The number of carbonyl (C=O) groups excluding carboxylic acids is 1. The first-order valence-electron chi connectivity index (χ1n) is 12.9. The fraction of sp³-hybridized carbons (Fsp3) is 0.345. The van der Waals surface area contributed by atoms with Crippen LogP contribution in [0.4, 0.5) is 0 Å². The number of H-pyrrole nitrogens is 1. The fourth-order valence-electron chi connectivity index (χ4n) is 5.05. The van der Waals surface area contributed by atoms with Crippen LogP contribution in [-0.4, -0.2) is 52.2 Å². The number of nitrogens with one attached hydrogen (secondary N) is 2. The van der Waals surface area contributed by atoms with Gasteiger partial charge >= 0.3 is 0 Å². The van der Waals surface area contributed by atoms with Crippen LogP contribution >= 0.6 is 11.6 Å². The first-order valence-corrected chi connectivity index (χ1v) is 13.3. The molecule has 1 saturated carbocycles. The van der Waals surface area contributed by atoms with Gasteiger partial charge in [-0.15, -0.1) is 0 Å². The maximum Gasteiger partial charge on any atom is 0.251 e. The zero-order valence-corrected chi connectivity index (χ0v) is 21.5. The summed E-state index contributed by atoms with van der Waals surface area (Å²) in [7, 11) is 2.13. The Morgan fingerprint density at radius 3 is 2.68 bits per heavy atom. The van der Waals surface area contributed by atoms with Crippen molar-refractivity contribution in [2.24, 2.45) is 5.92 Å². The second kappa shape index (κ2) is 10.1. The zero-order valence-electron chi connectivity index (χ0n) is 20.8. The van der Waals surface area contributed by atoms with Crippen molar-refractivity contribution in [3.63, 3.8) is 0 Å². The Morgan fingerprint density at radius 1 is 1.11 bits per heavy atom. The quantitative estimate of drug-likeness (QED) is 0.333. The summed E-state index contributed by atoms with van der Waals surface area (Å²) in [4.78, 5) is 20.1. The Labute approximate surface area is 221 Å². The molecule has 2 aliphatic rings. The van der Waals surface area contributed by atoms with Crippen LogP contribution in [0.5, 0.6) is 5.75 Å². The van der Waals surface area contributed by atoms with E-state index >= 15 is 0 Å². The third kappa shape index (κ3) is 5.20. The average Bonchev–Trinajstić information content (AvgIpc) is 3.68. The first-order chi connectivity index (χ1) is 18.0. The van der Waals surface area contributed by atoms with Crippen LogP contribution in [0.1, 0.15) is 47.8 Å². The Hall–Kier alpha value is -3.42. The third-order valence-corrected chi connectivity index (χ3v) is 7.67. The number of halogens is 1. The van der Waals surface area contributed by atoms with E-state index in [-0.39, 0.29) is 18.1 Å². The standard InChI is InChI=1S/C29H30ClN5O2/c1-35-14-11-21(12-15-35)37-26-10-8-19(17-23(26)30)27-22-16-20(7-9-24(22)33-34-27)29(36)32-28(18-5-6-18)25-4-2-3-13-31-25/h2-4,7-10,13,16-18,21,28H,5-6,11-12,14-15H2,1H3,(H,32,36)(H,33,34). The second-order valence-corrected chi connectivity index (χ2v) is 10.5. The summed E-state index contributed by atoms with van der Waals surface area (Å²) < 4.78 is 6.20. The van der Waals surface area contributed by atoms with Crippen LogP contribution in [0.3, 0.4) is 0 Å². The van der Waals surface area contributed by atoms with Crippen molar-refractivity contribution in [3.05, 3.63) is 77.1 Å². The van der Waals surface area contributed by atoms with E-state index in [1.165, 1.54) is 0 Å². The molecule has 37 heavy (non-hydrogen) atoms. The molecule has 8 heteroatoms. The van der Waals surface area contributed by atoms with Crippen LogP contribution in [0, 0.1) is 5.92 Å². The molecule has 1 aliphatic carbocycles. The highest BCUT2D eigenvalue weighted by atomic mass is 35.5. The van der Waals surface area contributed by atoms with E-state index in [2.05, 4.69) is 32.4 Å². The molecule has 190 valence electrons. The number of pyridine rings is 1. The summed E-state index contributed by atoms with van der Waals surface area (Å²) in [6.45, 7) is 2.05. The van der Waals surface area contributed by atoms with Gasteiger partial charge in [0, 0.05) is 35.8 Å². The summed E-state index contributed by atoms with van der Waals surface area (Å²) in [6, 6.07) is 17.1. The molecule has 7 nitrogen and oxygen atoms in total. The molecule has 0 radical (unpaired) electrons. The highest BCUT2D eigenvalue weighted by Gasteiger charge is 2.34. The van der Waals surface area contributed by atoms with Gasteiger partial charge in [-0.2, -0.15) is 5.10 Å². The van der Waals surface area contributed by atoms with Gasteiger partial charge in [0.1, 0.15) is 11.9 Å². The van der Waals surface area contributed by atoms with Crippen molar-refractivity contribution in [3.8, 4) is 17.0 Å². The highest BCUT2D eigenvalue weighted by molar-refractivity contribution is 6.32. The topological polar surface area (TPSA) is 83.1 Å². The van der Waals surface area contributed by atoms with Gasteiger partial charge in [0.25, 0.3) is 5.91 Å². The van der Waals surface area contributed by atoms with E-state index in [0.717, 1.165) is 66.6 Å². The number of ether oxygens (including phenoxy) is 1. The van der Waals surface area contributed by atoms with Gasteiger partial charge in [0.2, 0.25) is 0 Å². The third-order valence-electron chi connectivity index (χ3n) is 7.38. The largest absolute Gasteiger partial charge is 0.489 e. The van der Waals surface area contributed by atoms with Crippen LogP contribution in [0.15, 0.2) is 60.8 Å². The number of hydrogen-bond acceptors (Lipinski definition) is 5. The molecule has 4 aromatic rings. The number of aromatic nitrogens is 3. The fourth-order valence-corrected chi connectivity index (χ4v) is 5.27. The molecule has 2 aromatic heterocycles. The molecular weight excluding hydrogens is 486 g/mol. The number of aromatic amines is 1. The molecule has 1 aliphatic heterocycles. The van der Waals surface area contributed by atoms with Crippen LogP contribution in [-0.2, 0) is 0 Å². The summed E-state index contributed by atoms with van der Waals surface area (Å²) in [5.74, 6) is 1.02. The molecule has 2 N–H and O–H groups in total. The lowest BCUT2D eigenvalue weighted by molar-refractivity contribution is 0.0931. The normalized spacial score (nSPS) is 17.6. The van der Waals surface area contributed by atoms with Crippen molar-refractivity contribution in [2.45, 2.75) is 37.8 Å². The Balaban J connectivity index is 1.23. The van der Waals surface area contributed by atoms with E-state index in [9.17, 15) is 4.79 Å². The van der Waals surface area contributed by atoms with Crippen LogP contribution < -0.4 is 10.1 Å². The van der Waals surface area contributed by atoms with Gasteiger partial charge in [-0.25, -0.2) is 0 Å². The number of nitrogens with zero attached hydrogens (tertiary/aromatic N) is 3. The summed E-state index contributed by atoms with van der Waals surface area (Å²) in [5.41, 5.74) is 3.97. The SMILES string of the molecule is CN1CCC(Oc2ccc(-c3n[nH]c4ccc(C(=O)NC(c5ccccn5)C5CC5)cc34)cc2Cl)CC1. The average molecular weight is 516 g/mol. The van der Waals surface area contributed by atoms with Crippen LogP contribution in [0.2, 0.25) is 5.02 Å². The molecule has 2 fully saturated rings. The molecular formula is C29H30ClN5O2. The summed E-state index contributed by atoms with van der Waals surface area (Å²) >= 11 is 6.63. The lowest BCUT2D eigenvalue weighted by atomic mass is 10.0. The number of carbonyl (C=O) groups is 1. The minimum absolute atomic E-state index is 0.0795. The number of piperidine rings is 1. The van der Waals surface area contributed by atoms with Gasteiger partial charge in [-0.3, -0.25) is 14.9 Å². The van der Waals surface area contributed by atoms with Crippen molar-refractivity contribution in [1.29, 1.82) is 0 Å². The van der Waals surface area contributed by atoms with Gasteiger partial charge in [0.15, 0.2) is 0 Å². The molecule has 1 amide bonds. The lowest BCUT2D eigenvalue weighted by Crippen LogP contribution is -2.35. The summed E-state index contributed by atoms with van der Waals surface area (Å²) in [5, 5.41) is 12.3. The highest BCUT2D eigenvalue weighted by Crippen LogP contribution is 2.40. The maximum absolute atomic E-state index is 13.3. The maximum atomic E-state index is 13.3. The van der Waals surface area contributed by atoms with Crippen LogP contribution in [0.25, 0.3) is 22.2 Å². The molecule has 1 unspecified atom stereocenters. The Morgan fingerprint density at radius 2 is 1.95 bits per heavy atom. The minimum atomic E-state index is -0.114. The lowest BCUT2D eigenvalue weighted by Gasteiger charge is -2.29. The number of rotatable bonds is 7. The summed E-state index contributed by atoms with van der Waals surface area (Å²) in [6.07, 6.45) is 6.14. The smallest absolute Gasteiger partial charge is 0.251 e. The van der Waals surface area contributed by atoms with Crippen molar-refractivity contribution >= 4 is 28.4 Å². The second-order valence-electron chi connectivity index (χ2n) is 10.1. The molecule has 2 aromatic carbocycles. The van der Waals surface area contributed by atoms with Gasteiger partial charge < -0.3 is 15.0 Å². The van der Waals surface area contributed by atoms with Gasteiger partial charge in [-0.05, 0) is 87.2 Å². The minimum Gasteiger partial charge on any atom is -0.489 e. The predicted molar refractivity (Wildman–Crippen MR) is 145 cm³/mol. The Bertz CT molecular complexity index is 1410. The molecule has 0 bridgehead atoms. The van der Waals surface area contributed by atoms with E-state index in [4.69, 9.17) is 16.3 Å². The van der Waals surface area contributed by atoms with Crippen molar-refractivity contribution < 1.29 is 9.53 Å². The van der Waals surface area contributed by atoms with E-state index in [1.54, 1.807) is 6.20 Å². The molecule has 6 rings (SSSR count). The number of benzene rings is 2. The molecule has 3 heterocycles. The van der Waals surface area contributed by atoms with E-state index in [1.807, 2.05) is 54.6 Å². The zero-order chi connectivity index (χ0) is 25.4. The van der Waals surface area contributed by atoms with E-state index in [0.29, 0.717) is 22.3 Å². The first kappa shape index (κ1) is 23.9. The van der Waals surface area contributed by atoms with Crippen molar-refractivity contribution in [1.82, 2.24) is 25.4 Å². The predicted octanol–water partition coefficient (Wildman–Crippen LogP) is 5.63. The van der Waals surface area contributed by atoms with Gasteiger partial charge in [-0.1, -0.05) is 17.7 Å². The monoisotopic (exact) mass is 515 g/mol. The molecule has 1 saturated heterocycles. The molecule has 1 atom stereocenters. The van der Waals surface area contributed by atoms with Crippen molar-refractivity contribution in [2.75, 3.05) is 20.1 Å². The van der Waals surface area contributed by atoms with Gasteiger partial charge in [0.05, 0.1) is 28.0 Å². The number of amides is 1.